The number of aryl methyl sites for hydroxylation is 1. The molecule has 0 radical (unpaired) electrons. The van der Waals surface area contributed by atoms with Gasteiger partial charge in [-0.05, 0) is 36.6 Å². The van der Waals surface area contributed by atoms with E-state index in [1.54, 1.807) is 0 Å². The number of nitrogens with one attached hydrogen (secondary N) is 1. The Morgan fingerprint density at radius 1 is 1.05 bits per heavy atom. The van der Waals surface area contributed by atoms with E-state index >= 15 is 0 Å². The molecule has 0 amide bonds. The Labute approximate surface area is 116 Å². The van der Waals surface area contributed by atoms with Crippen molar-refractivity contribution in [3.05, 3.63) is 77.9 Å². The molecule has 2 aromatic carbocycles. The van der Waals surface area contributed by atoms with Gasteiger partial charge in [0.05, 0.1) is 0 Å². The maximum absolute atomic E-state index is 4.12. The summed E-state index contributed by atoms with van der Waals surface area (Å²) in [4.78, 5) is 0. The van der Waals surface area contributed by atoms with Gasteiger partial charge in [-0.2, -0.15) is 0 Å². The summed E-state index contributed by atoms with van der Waals surface area (Å²) in [6.45, 7) is 8.08. The fourth-order valence-corrected chi connectivity index (χ4v) is 2.12. The fraction of sp³-hybridized carbons (Fsp3) is 0.222. The molecule has 98 valence electrons. The molecule has 1 nitrogen and oxygen atoms in total. The van der Waals surface area contributed by atoms with Crippen LogP contribution in [0.3, 0.4) is 0 Å². The summed E-state index contributed by atoms with van der Waals surface area (Å²) in [5, 5.41) is 3.45. The first-order chi connectivity index (χ1) is 9.25. The van der Waals surface area contributed by atoms with Crippen LogP contribution in [0.25, 0.3) is 5.57 Å². The van der Waals surface area contributed by atoms with Crippen molar-refractivity contribution in [3.63, 3.8) is 0 Å². The van der Waals surface area contributed by atoms with Crippen LogP contribution in [0.15, 0.2) is 61.2 Å². The molecule has 0 spiro atoms. The second kappa shape index (κ2) is 6.91. The van der Waals surface area contributed by atoms with Gasteiger partial charge in [-0.3, -0.25) is 0 Å². The lowest BCUT2D eigenvalue weighted by molar-refractivity contribution is 0.751. The molecule has 0 aliphatic rings. The number of hydrogen-bond donors (Lipinski definition) is 1. The van der Waals surface area contributed by atoms with E-state index in [0.717, 1.165) is 25.1 Å². The van der Waals surface area contributed by atoms with Crippen LogP contribution in [0.4, 0.5) is 0 Å². The van der Waals surface area contributed by atoms with Crippen molar-refractivity contribution < 1.29 is 0 Å². The standard InChI is InChI=1S/C18H21N/c1-15-7-6-8-17(13-15)11-12-19-14-16(2)18-9-4-3-5-10-18/h3-10,13,19H,2,11-12,14H2,1H3. The van der Waals surface area contributed by atoms with Crippen molar-refractivity contribution in [1.82, 2.24) is 5.32 Å². The Kier molecular flexibility index (Phi) is 4.93. The smallest absolute Gasteiger partial charge is 0.0205 e. The molecular weight excluding hydrogens is 230 g/mol. The van der Waals surface area contributed by atoms with Crippen LogP contribution >= 0.6 is 0 Å². The minimum Gasteiger partial charge on any atom is -0.312 e. The van der Waals surface area contributed by atoms with Gasteiger partial charge < -0.3 is 5.32 Å². The zero-order valence-corrected chi connectivity index (χ0v) is 11.5. The van der Waals surface area contributed by atoms with Crippen LogP contribution < -0.4 is 5.32 Å². The minimum atomic E-state index is 0.843. The van der Waals surface area contributed by atoms with Crippen molar-refractivity contribution in [2.75, 3.05) is 13.1 Å². The van der Waals surface area contributed by atoms with Gasteiger partial charge >= 0.3 is 0 Å². The van der Waals surface area contributed by atoms with Gasteiger partial charge in [0, 0.05) is 6.54 Å². The van der Waals surface area contributed by atoms with Crippen LogP contribution in [0.5, 0.6) is 0 Å². The Bertz CT molecular complexity index is 528. The maximum Gasteiger partial charge on any atom is 0.0205 e. The van der Waals surface area contributed by atoms with Gasteiger partial charge in [0.2, 0.25) is 0 Å². The third-order valence-electron chi connectivity index (χ3n) is 3.19. The number of benzene rings is 2. The summed E-state index contributed by atoms with van der Waals surface area (Å²) < 4.78 is 0. The molecule has 0 aliphatic heterocycles. The molecule has 0 saturated carbocycles. The zero-order valence-electron chi connectivity index (χ0n) is 11.5. The molecule has 0 saturated heterocycles. The molecule has 1 N–H and O–H groups in total. The molecule has 0 atom stereocenters. The number of rotatable bonds is 6. The molecule has 0 heterocycles. The van der Waals surface area contributed by atoms with E-state index in [9.17, 15) is 0 Å². The molecular formula is C18H21N. The van der Waals surface area contributed by atoms with Gasteiger partial charge in [-0.25, -0.2) is 0 Å². The van der Waals surface area contributed by atoms with Crippen molar-refractivity contribution in [3.8, 4) is 0 Å². The molecule has 0 aromatic heterocycles. The summed E-state index contributed by atoms with van der Waals surface area (Å²) in [5.41, 5.74) is 5.07. The van der Waals surface area contributed by atoms with E-state index in [1.807, 2.05) is 18.2 Å². The van der Waals surface area contributed by atoms with Crippen LogP contribution in [0.1, 0.15) is 16.7 Å². The highest BCUT2D eigenvalue weighted by atomic mass is 14.8. The van der Waals surface area contributed by atoms with E-state index in [4.69, 9.17) is 0 Å². The van der Waals surface area contributed by atoms with Gasteiger partial charge in [-0.15, -0.1) is 0 Å². The monoisotopic (exact) mass is 251 g/mol. The first kappa shape index (κ1) is 13.6. The summed E-state index contributed by atoms with van der Waals surface area (Å²) >= 11 is 0. The third kappa shape index (κ3) is 4.38. The van der Waals surface area contributed by atoms with Gasteiger partial charge in [0.1, 0.15) is 0 Å². The van der Waals surface area contributed by atoms with Crippen molar-refractivity contribution in [2.45, 2.75) is 13.3 Å². The average Bonchev–Trinajstić information content (AvgIpc) is 2.44. The summed E-state index contributed by atoms with van der Waals surface area (Å²) in [7, 11) is 0. The largest absolute Gasteiger partial charge is 0.312 e. The van der Waals surface area contributed by atoms with Crippen molar-refractivity contribution in [2.24, 2.45) is 0 Å². The molecule has 2 rings (SSSR count). The van der Waals surface area contributed by atoms with Crippen LogP contribution in [-0.4, -0.2) is 13.1 Å². The van der Waals surface area contributed by atoms with E-state index in [2.05, 4.69) is 55.2 Å². The quantitative estimate of drug-likeness (QED) is 0.769. The Balaban J connectivity index is 1.74. The SMILES string of the molecule is C=C(CNCCc1cccc(C)c1)c1ccccc1. The van der Waals surface area contributed by atoms with Gasteiger partial charge in [0.25, 0.3) is 0 Å². The van der Waals surface area contributed by atoms with Crippen LogP contribution in [0.2, 0.25) is 0 Å². The summed E-state index contributed by atoms with van der Waals surface area (Å²) in [5.74, 6) is 0. The Morgan fingerprint density at radius 3 is 2.58 bits per heavy atom. The molecule has 2 aromatic rings. The average molecular weight is 251 g/mol. The molecule has 0 unspecified atom stereocenters. The highest BCUT2D eigenvalue weighted by Gasteiger charge is 1.98. The van der Waals surface area contributed by atoms with Crippen LogP contribution in [0, 0.1) is 6.92 Å². The topological polar surface area (TPSA) is 12.0 Å². The van der Waals surface area contributed by atoms with E-state index in [1.165, 1.54) is 16.7 Å². The summed E-state index contributed by atoms with van der Waals surface area (Å²) in [6.07, 6.45) is 1.06. The number of hydrogen-bond acceptors (Lipinski definition) is 1. The first-order valence-electron chi connectivity index (χ1n) is 6.75. The second-order valence-electron chi connectivity index (χ2n) is 4.89. The molecule has 1 heteroatoms. The highest BCUT2D eigenvalue weighted by Crippen LogP contribution is 2.10. The molecule has 19 heavy (non-hydrogen) atoms. The molecule has 0 fully saturated rings. The zero-order chi connectivity index (χ0) is 13.5. The first-order valence-corrected chi connectivity index (χ1v) is 6.75. The third-order valence-corrected chi connectivity index (χ3v) is 3.19. The van der Waals surface area contributed by atoms with Gasteiger partial charge in [0.15, 0.2) is 0 Å². The molecule has 0 aliphatic carbocycles. The second-order valence-corrected chi connectivity index (χ2v) is 4.89. The lowest BCUT2D eigenvalue weighted by Crippen LogP contribution is -2.19. The highest BCUT2D eigenvalue weighted by molar-refractivity contribution is 5.64. The molecule has 0 bridgehead atoms. The van der Waals surface area contributed by atoms with Crippen molar-refractivity contribution in [1.29, 1.82) is 0 Å². The normalized spacial score (nSPS) is 10.4. The Morgan fingerprint density at radius 2 is 1.84 bits per heavy atom. The lowest BCUT2D eigenvalue weighted by Gasteiger charge is -2.08. The predicted octanol–water partition coefficient (Wildman–Crippen LogP) is 3.84. The summed E-state index contributed by atoms with van der Waals surface area (Å²) in [6, 6.07) is 19.0. The van der Waals surface area contributed by atoms with E-state index in [0.29, 0.717) is 0 Å². The Hall–Kier alpha value is -1.86. The fourth-order valence-electron chi connectivity index (χ4n) is 2.12. The van der Waals surface area contributed by atoms with E-state index in [-0.39, 0.29) is 0 Å². The van der Waals surface area contributed by atoms with Gasteiger partial charge in [-0.1, -0.05) is 66.7 Å². The van der Waals surface area contributed by atoms with Crippen molar-refractivity contribution >= 4 is 5.57 Å². The van der Waals surface area contributed by atoms with E-state index < -0.39 is 0 Å². The lowest BCUT2D eigenvalue weighted by atomic mass is 10.1. The maximum atomic E-state index is 4.12. The predicted molar refractivity (Wildman–Crippen MR) is 83.2 cm³/mol. The van der Waals surface area contributed by atoms with Crippen LogP contribution in [-0.2, 0) is 6.42 Å². The minimum absolute atomic E-state index is 0.843.